The Morgan fingerprint density at radius 3 is 2.71 bits per heavy atom. The van der Waals surface area contributed by atoms with Crippen LogP contribution in [0.5, 0.6) is 0 Å². The van der Waals surface area contributed by atoms with E-state index in [-0.39, 0.29) is 5.41 Å². The third kappa shape index (κ3) is 1.28. The van der Waals surface area contributed by atoms with Crippen molar-refractivity contribution in [3.63, 3.8) is 0 Å². The first kappa shape index (κ1) is 9.46. The van der Waals surface area contributed by atoms with Crippen molar-refractivity contribution in [2.75, 3.05) is 11.4 Å². The molecule has 2 rings (SSSR count). The van der Waals surface area contributed by atoms with Crippen LogP contribution in [0.4, 0.5) is 5.69 Å². The second kappa shape index (κ2) is 2.95. The molecule has 1 aromatic rings. The van der Waals surface area contributed by atoms with Crippen LogP contribution in [-0.4, -0.2) is 11.7 Å². The van der Waals surface area contributed by atoms with Gasteiger partial charge in [0.1, 0.15) is 0 Å². The van der Waals surface area contributed by atoms with E-state index < -0.39 is 0 Å². The van der Waals surface area contributed by atoms with Crippen molar-refractivity contribution in [2.45, 2.75) is 19.3 Å². The summed E-state index contributed by atoms with van der Waals surface area (Å²) in [4.78, 5) is 2.00. The predicted octanol–water partition coefficient (Wildman–Crippen LogP) is 2.03. The number of hydrogen-bond acceptors (Lipinski definition) is 1. The number of para-hydroxylation sites is 1. The molecule has 14 heavy (non-hydrogen) atoms. The maximum Gasteiger partial charge on any atom is 0.170 e. The summed E-state index contributed by atoms with van der Waals surface area (Å²) in [6.45, 7) is 5.30. The van der Waals surface area contributed by atoms with Crippen LogP contribution in [0.15, 0.2) is 24.3 Å². The molecule has 0 aliphatic carbocycles. The van der Waals surface area contributed by atoms with Gasteiger partial charge in [-0.15, -0.1) is 0 Å². The summed E-state index contributed by atoms with van der Waals surface area (Å²) in [6, 6.07) is 8.30. The van der Waals surface area contributed by atoms with Gasteiger partial charge in [-0.25, -0.2) is 0 Å². The average molecular weight is 206 g/mol. The first-order valence-corrected chi connectivity index (χ1v) is 5.10. The number of nitrogens with two attached hydrogens (primary N) is 1. The van der Waals surface area contributed by atoms with Gasteiger partial charge in [0, 0.05) is 17.6 Å². The molecule has 0 spiro atoms. The fraction of sp³-hybridized carbons (Fsp3) is 0.364. The lowest BCUT2D eigenvalue weighted by atomic mass is 9.87. The monoisotopic (exact) mass is 206 g/mol. The number of anilines is 1. The summed E-state index contributed by atoms with van der Waals surface area (Å²) in [5, 5.41) is 0.461. The molecule has 3 heteroatoms. The maximum absolute atomic E-state index is 5.69. The van der Waals surface area contributed by atoms with Gasteiger partial charge in [-0.1, -0.05) is 32.0 Å². The Balaban J connectivity index is 2.55. The Bertz CT molecular complexity index is 385. The van der Waals surface area contributed by atoms with Crippen molar-refractivity contribution >= 4 is 23.0 Å². The molecule has 1 aliphatic heterocycles. The number of thiocarbonyl (C=S) groups is 1. The highest BCUT2D eigenvalue weighted by atomic mass is 32.1. The number of benzene rings is 1. The Kier molecular flexibility index (Phi) is 2.00. The van der Waals surface area contributed by atoms with Gasteiger partial charge < -0.3 is 10.6 Å². The normalized spacial score (nSPS) is 18.0. The van der Waals surface area contributed by atoms with Crippen molar-refractivity contribution in [1.29, 1.82) is 0 Å². The Hall–Kier alpha value is -1.09. The SMILES string of the molecule is CC1(C)CN(C(N)=S)c2ccccc21. The van der Waals surface area contributed by atoms with E-state index in [0.717, 1.165) is 12.2 Å². The highest BCUT2D eigenvalue weighted by Crippen LogP contribution is 2.39. The molecule has 0 amide bonds. The van der Waals surface area contributed by atoms with E-state index in [0.29, 0.717) is 5.11 Å². The average Bonchev–Trinajstić information content (AvgIpc) is 2.40. The topological polar surface area (TPSA) is 29.3 Å². The molecule has 1 heterocycles. The molecule has 2 nitrogen and oxygen atoms in total. The van der Waals surface area contributed by atoms with Crippen molar-refractivity contribution in [3.8, 4) is 0 Å². The second-order valence-corrected chi connectivity index (χ2v) is 4.74. The van der Waals surface area contributed by atoms with Crippen LogP contribution in [0, 0.1) is 0 Å². The minimum Gasteiger partial charge on any atom is -0.376 e. The Morgan fingerprint density at radius 1 is 1.43 bits per heavy atom. The molecule has 74 valence electrons. The van der Waals surface area contributed by atoms with Gasteiger partial charge >= 0.3 is 0 Å². The lowest BCUT2D eigenvalue weighted by molar-refractivity contribution is 0.572. The van der Waals surface area contributed by atoms with Crippen LogP contribution < -0.4 is 10.6 Å². The molecule has 0 bridgehead atoms. The molecular formula is C11H14N2S. The molecule has 0 saturated heterocycles. The fourth-order valence-electron chi connectivity index (χ4n) is 2.04. The minimum absolute atomic E-state index is 0.139. The number of fused-ring (bicyclic) bond motifs is 1. The molecule has 2 N–H and O–H groups in total. The highest BCUT2D eigenvalue weighted by Gasteiger charge is 2.35. The zero-order valence-electron chi connectivity index (χ0n) is 8.45. The lowest BCUT2D eigenvalue weighted by Gasteiger charge is -2.20. The summed E-state index contributed by atoms with van der Waals surface area (Å²) in [5.41, 5.74) is 8.31. The quantitative estimate of drug-likeness (QED) is 0.659. The number of nitrogens with zero attached hydrogens (tertiary/aromatic N) is 1. The third-order valence-corrected chi connectivity index (χ3v) is 2.96. The van der Waals surface area contributed by atoms with Crippen LogP contribution in [-0.2, 0) is 5.41 Å². The smallest absolute Gasteiger partial charge is 0.170 e. The van der Waals surface area contributed by atoms with Crippen LogP contribution >= 0.6 is 12.2 Å². The van der Waals surface area contributed by atoms with Gasteiger partial charge in [0.25, 0.3) is 0 Å². The molecule has 1 aliphatic rings. The molecule has 0 unspecified atom stereocenters. The zero-order valence-corrected chi connectivity index (χ0v) is 9.27. The van der Waals surface area contributed by atoms with Crippen LogP contribution in [0.25, 0.3) is 0 Å². The Labute approximate surface area is 89.7 Å². The van der Waals surface area contributed by atoms with E-state index in [9.17, 15) is 0 Å². The van der Waals surface area contributed by atoms with Crippen LogP contribution in [0.2, 0.25) is 0 Å². The summed E-state index contributed by atoms with van der Waals surface area (Å²) in [5.74, 6) is 0. The summed E-state index contributed by atoms with van der Waals surface area (Å²) >= 11 is 5.04. The van der Waals surface area contributed by atoms with Crippen molar-refractivity contribution in [2.24, 2.45) is 5.73 Å². The van der Waals surface area contributed by atoms with E-state index in [1.165, 1.54) is 5.56 Å². The second-order valence-electron chi connectivity index (χ2n) is 4.33. The maximum atomic E-state index is 5.69. The van der Waals surface area contributed by atoms with Crippen molar-refractivity contribution < 1.29 is 0 Å². The van der Waals surface area contributed by atoms with E-state index in [1.54, 1.807) is 0 Å². The number of hydrogen-bond donors (Lipinski definition) is 1. The Morgan fingerprint density at radius 2 is 2.07 bits per heavy atom. The summed E-state index contributed by atoms with van der Waals surface area (Å²) < 4.78 is 0. The van der Waals surface area contributed by atoms with E-state index >= 15 is 0 Å². The van der Waals surface area contributed by atoms with Gasteiger partial charge in [0.15, 0.2) is 5.11 Å². The van der Waals surface area contributed by atoms with Gasteiger partial charge in [-0.2, -0.15) is 0 Å². The van der Waals surface area contributed by atoms with Gasteiger partial charge in [-0.3, -0.25) is 0 Å². The third-order valence-electron chi connectivity index (χ3n) is 2.74. The van der Waals surface area contributed by atoms with Crippen LogP contribution in [0.3, 0.4) is 0 Å². The predicted molar refractivity (Wildman–Crippen MR) is 63.6 cm³/mol. The molecule has 0 radical (unpaired) electrons. The van der Waals surface area contributed by atoms with Gasteiger partial charge in [0.05, 0.1) is 0 Å². The standard InChI is InChI=1S/C11H14N2S/c1-11(2)7-13(10(12)14)9-6-4-3-5-8(9)11/h3-6H,7H2,1-2H3,(H2,12,14). The van der Waals surface area contributed by atoms with Crippen LogP contribution in [0.1, 0.15) is 19.4 Å². The lowest BCUT2D eigenvalue weighted by Crippen LogP contribution is -2.37. The largest absolute Gasteiger partial charge is 0.376 e. The molecular weight excluding hydrogens is 192 g/mol. The van der Waals surface area contributed by atoms with Gasteiger partial charge in [0.2, 0.25) is 0 Å². The van der Waals surface area contributed by atoms with E-state index in [2.05, 4.69) is 32.0 Å². The van der Waals surface area contributed by atoms with Crippen molar-refractivity contribution in [3.05, 3.63) is 29.8 Å². The highest BCUT2D eigenvalue weighted by molar-refractivity contribution is 7.80. The fourth-order valence-corrected chi connectivity index (χ4v) is 2.21. The first-order valence-electron chi connectivity index (χ1n) is 4.69. The minimum atomic E-state index is 0.139. The van der Waals surface area contributed by atoms with E-state index in [4.69, 9.17) is 18.0 Å². The van der Waals surface area contributed by atoms with Gasteiger partial charge in [-0.05, 0) is 23.8 Å². The number of rotatable bonds is 0. The summed E-state index contributed by atoms with van der Waals surface area (Å²) in [6.07, 6.45) is 0. The molecule has 0 fully saturated rings. The van der Waals surface area contributed by atoms with E-state index in [1.807, 2.05) is 11.0 Å². The summed E-state index contributed by atoms with van der Waals surface area (Å²) in [7, 11) is 0. The first-order chi connectivity index (χ1) is 6.52. The van der Waals surface area contributed by atoms with Crippen molar-refractivity contribution in [1.82, 2.24) is 0 Å². The molecule has 0 atom stereocenters. The molecule has 1 aromatic carbocycles. The molecule has 0 aromatic heterocycles. The zero-order chi connectivity index (χ0) is 10.3. The molecule has 0 saturated carbocycles.